The van der Waals surface area contributed by atoms with Crippen LogP contribution in [0.25, 0.3) is 76.7 Å². The van der Waals surface area contributed by atoms with Gasteiger partial charge < -0.3 is 9.13 Å². The van der Waals surface area contributed by atoms with Crippen molar-refractivity contribution < 1.29 is 0 Å². The summed E-state index contributed by atoms with van der Waals surface area (Å²) in [4.78, 5) is 5.25. The summed E-state index contributed by atoms with van der Waals surface area (Å²) < 4.78 is 6.12. The minimum absolute atomic E-state index is 0.114. The fourth-order valence-electron chi connectivity index (χ4n) is 8.23. The van der Waals surface area contributed by atoms with Crippen LogP contribution in [-0.2, 0) is 0 Å². The quantitative estimate of drug-likeness (QED) is 0.132. The molecule has 11 rings (SSSR count). The van der Waals surface area contributed by atoms with Crippen LogP contribution >= 0.6 is 15.9 Å². The maximum absolute atomic E-state index is 5.25. The molecule has 0 aliphatic carbocycles. The lowest BCUT2D eigenvalue weighted by Gasteiger charge is -2.34. The molecule has 192 valence electrons. The van der Waals surface area contributed by atoms with Gasteiger partial charge in [0.2, 0.25) is 0 Å². The molecule has 0 radical (unpaired) electrons. The van der Waals surface area contributed by atoms with E-state index in [-0.39, 0.29) is 6.71 Å². The molecule has 5 heterocycles. The van der Waals surface area contributed by atoms with Gasteiger partial charge in [-0.25, -0.2) is 0 Å². The van der Waals surface area contributed by atoms with Crippen molar-refractivity contribution >= 4 is 104 Å². The topological polar surface area (TPSA) is 22.8 Å². The maximum atomic E-state index is 5.25. The van der Waals surface area contributed by atoms with Gasteiger partial charge in [-0.2, -0.15) is 0 Å². The number of hydrogen-bond acceptors (Lipinski definition) is 1. The van der Waals surface area contributed by atoms with E-state index >= 15 is 0 Å². The first-order chi connectivity index (χ1) is 20.8. The molecule has 5 heteroatoms. The van der Waals surface area contributed by atoms with Crippen LogP contribution < -0.4 is 16.4 Å². The van der Waals surface area contributed by atoms with Crippen LogP contribution in [0.5, 0.6) is 0 Å². The Morgan fingerprint density at radius 3 is 1.95 bits per heavy atom. The lowest BCUT2D eigenvalue weighted by Crippen LogP contribution is -2.59. The van der Waals surface area contributed by atoms with Gasteiger partial charge in [0.1, 0.15) is 0 Å². The van der Waals surface area contributed by atoms with E-state index < -0.39 is 0 Å². The number of para-hydroxylation sites is 4. The fraction of sp³-hybridized carbons (Fsp3) is 0. The van der Waals surface area contributed by atoms with Gasteiger partial charge in [0.15, 0.2) is 0 Å². The number of aromatic nitrogens is 3. The van der Waals surface area contributed by atoms with Gasteiger partial charge in [0, 0.05) is 59.7 Å². The van der Waals surface area contributed by atoms with Crippen LogP contribution in [0.4, 0.5) is 0 Å². The molecule has 0 spiro atoms. The van der Waals surface area contributed by atoms with Crippen molar-refractivity contribution in [1.82, 2.24) is 14.1 Å². The zero-order chi connectivity index (χ0) is 27.3. The summed E-state index contributed by atoms with van der Waals surface area (Å²) in [6.07, 6.45) is 2.05. The molecule has 0 N–H and O–H groups in total. The molecule has 0 saturated heterocycles. The van der Waals surface area contributed by atoms with Gasteiger partial charge >= 0.3 is 0 Å². The Balaban J connectivity index is 1.48. The van der Waals surface area contributed by atoms with Gasteiger partial charge in [0.05, 0.1) is 22.2 Å². The van der Waals surface area contributed by atoms with Gasteiger partial charge in [-0.05, 0) is 52.1 Å². The highest BCUT2D eigenvalue weighted by molar-refractivity contribution is 9.10. The molecular formula is C37H19BBrN3. The highest BCUT2D eigenvalue weighted by Gasteiger charge is 2.41. The first-order valence-corrected chi connectivity index (χ1v) is 15.2. The number of benzene rings is 6. The van der Waals surface area contributed by atoms with Gasteiger partial charge in [0.25, 0.3) is 6.71 Å². The molecular weight excluding hydrogens is 577 g/mol. The molecule has 0 amide bonds. The number of hydrogen-bond donors (Lipinski definition) is 0. The van der Waals surface area contributed by atoms with Crippen molar-refractivity contribution in [3.63, 3.8) is 0 Å². The number of pyridine rings is 1. The van der Waals surface area contributed by atoms with Crippen LogP contribution in [0.2, 0.25) is 0 Å². The van der Waals surface area contributed by atoms with E-state index in [9.17, 15) is 0 Å². The van der Waals surface area contributed by atoms with Crippen molar-refractivity contribution in [2.45, 2.75) is 0 Å². The zero-order valence-electron chi connectivity index (χ0n) is 22.3. The average Bonchev–Trinajstić information content (AvgIpc) is 3.55. The zero-order valence-corrected chi connectivity index (χ0v) is 23.9. The lowest BCUT2D eigenvalue weighted by molar-refractivity contribution is 1.15. The van der Waals surface area contributed by atoms with E-state index in [4.69, 9.17) is 4.98 Å². The minimum Gasteiger partial charge on any atom is -0.310 e. The summed E-state index contributed by atoms with van der Waals surface area (Å²) in [5.41, 5.74) is 12.7. The highest BCUT2D eigenvalue weighted by Crippen LogP contribution is 2.42. The second kappa shape index (κ2) is 7.31. The molecule has 0 saturated carbocycles. The Bertz CT molecular complexity index is 2720. The second-order valence-electron chi connectivity index (χ2n) is 11.7. The van der Waals surface area contributed by atoms with Crippen molar-refractivity contribution in [3.05, 3.63) is 120 Å². The van der Waals surface area contributed by atoms with Crippen LogP contribution in [0, 0.1) is 0 Å². The Kier molecular flexibility index (Phi) is 3.80. The van der Waals surface area contributed by atoms with Gasteiger partial charge in [-0.1, -0.05) is 94.8 Å². The summed E-state index contributed by atoms with van der Waals surface area (Å²) in [6.45, 7) is 0.114. The Morgan fingerprint density at radius 2 is 1.21 bits per heavy atom. The molecule has 9 aromatic rings. The monoisotopic (exact) mass is 595 g/mol. The third kappa shape index (κ3) is 2.38. The standard InChI is InChI=1S/C37H19BBrN3/c39-21-15-16-22-20(17-21)19-40-34-27(22)18-32-33-37(34)42-31-14-4-2-8-24(31)26-10-6-12-29(36(26)42)38(33)28-11-5-9-25-23-7-1-3-13-30(23)41(32)35(25)28/h1-19H. The number of nitrogens with zero attached hydrogens (tertiary/aromatic N) is 3. The van der Waals surface area contributed by atoms with E-state index in [0.29, 0.717) is 0 Å². The van der Waals surface area contributed by atoms with Crippen molar-refractivity contribution in [1.29, 1.82) is 0 Å². The molecule has 0 unspecified atom stereocenters. The van der Waals surface area contributed by atoms with E-state index in [1.165, 1.54) is 82.1 Å². The minimum atomic E-state index is 0.114. The first kappa shape index (κ1) is 21.8. The molecule has 2 aliphatic rings. The molecule has 3 aromatic heterocycles. The molecule has 2 aliphatic heterocycles. The summed E-state index contributed by atoms with van der Waals surface area (Å²) in [7, 11) is 0. The predicted molar refractivity (Wildman–Crippen MR) is 180 cm³/mol. The largest absolute Gasteiger partial charge is 0.310 e. The summed E-state index contributed by atoms with van der Waals surface area (Å²) in [6, 6.07) is 40.5. The van der Waals surface area contributed by atoms with Gasteiger partial charge in [-0.3, -0.25) is 4.98 Å². The van der Waals surface area contributed by atoms with Crippen LogP contribution in [-0.4, -0.2) is 20.8 Å². The highest BCUT2D eigenvalue weighted by atomic mass is 79.9. The fourth-order valence-corrected chi connectivity index (χ4v) is 8.61. The second-order valence-corrected chi connectivity index (χ2v) is 12.6. The van der Waals surface area contributed by atoms with E-state index in [1.54, 1.807) is 0 Å². The third-order valence-electron chi connectivity index (χ3n) is 9.76. The van der Waals surface area contributed by atoms with E-state index in [1.807, 2.05) is 6.20 Å². The molecule has 6 aromatic carbocycles. The number of fused-ring (bicyclic) bond motifs is 14. The summed E-state index contributed by atoms with van der Waals surface area (Å²) in [5.74, 6) is 0. The van der Waals surface area contributed by atoms with Gasteiger partial charge in [-0.15, -0.1) is 0 Å². The predicted octanol–water partition coefficient (Wildman–Crippen LogP) is 7.49. The molecule has 0 atom stereocenters. The molecule has 42 heavy (non-hydrogen) atoms. The maximum Gasteiger partial charge on any atom is 0.252 e. The molecule has 3 nitrogen and oxygen atoms in total. The van der Waals surface area contributed by atoms with Crippen molar-refractivity contribution in [2.75, 3.05) is 0 Å². The van der Waals surface area contributed by atoms with Crippen LogP contribution in [0.3, 0.4) is 0 Å². The van der Waals surface area contributed by atoms with Crippen LogP contribution in [0.1, 0.15) is 0 Å². The number of rotatable bonds is 0. The first-order valence-electron chi connectivity index (χ1n) is 14.4. The molecule has 0 bridgehead atoms. The number of halogens is 1. The average molecular weight is 596 g/mol. The Hall–Kier alpha value is -4.87. The summed E-state index contributed by atoms with van der Waals surface area (Å²) >= 11 is 3.68. The van der Waals surface area contributed by atoms with E-state index in [0.717, 1.165) is 15.4 Å². The lowest BCUT2D eigenvalue weighted by atomic mass is 9.34. The Morgan fingerprint density at radius 1 is 0.571 bits per heavy atom. The Labute approximate surface area is 248 Å². The smallest absolute Gasteiger partial charge is 0.252 e. The molecule has 0 fully saturated rings. The normalized spacial score (nSPS) is 13.3. The third-order valence-corrected chi connectivity index (χ3v) is 10.2. The van der Waals surface area contributed by atoms with Crippen molar-refractivity contribution in [3.8, 4) is 11.4 Å². The van der Waals surface area contributed by atoms with Crippen molar-refractivity contribution in [2.24, 2.45) is 0 Å². The summed E-state index contributed by atoms with van der Waals surface area (Å²) in [5, 5.41) is 8.74. The SMILES string of the molecule is Brc1ccc2c(cnc3c4c5c(cc32)-n2c3ccccc3c3cccc(c32)B5c2cccc3c5ccccc5n-4c23)c1. The van der Waals surface area contributed by atoms with E-state index in [2.05, 4.69) is 134 Å². The van der Waals surface area contributed by atoms with Crippen LogP contribution in [0.15, 0.2) is 120 Å².